The lowest BCUT2D eigenvalue weighted by atomic mass is 10.2. The predicted molar refractivity (Wildman–Crippen MR) is 110 cm³/mol. The van der Waals surface area contributed by atoms with Crippen molar-refractivity contribution >= 4 is 23.4 Å². The second-order valence-electron chi connectivity index (χ2n) is 6.67. The Bertz CT molecular complexity index is 707. The molecule has 0 saturated carbocycles. The molecule has 1 heterocycles. The molecule has 5 heteroatoms. The molecule has 1 aliphatic rings. The minimum Gasteiger partial charge on any atom is -0.325 e. The van der Waals surface area contributed by atoms with Crippen molar-refractivity contribution in [3.05, 3.63) is 60.2 Å². The van der Waals surface area contributed by atoms with Crippen LogP contribution in [0.15, 0.2) is 59.5 Å². The van der Waals surface area contributed by atoms with Crippen molar-refractivity contribution in [1.29, 1.82) is 0 Å². The lowest BCUT2D eigenvalue weighted by Crippen LogP contribution is -2.36. The Morgan fingerprint density at radius 2 is 1.77 bits per heavy atom. The summed E-state index contributed by atoms with van der Waals surface area (Å²) in [5.41, 5.74) is 2.23. The number of nitrogens with zero attached hydrogens (tertiary/aromatic N) is 2. The normalized spacial score (nSPS) is 16.2. The fraction of sp³-hybridized carbons (Fsp3) is 0.381. The zero-order valence-corrected chi connectivity index (χ0v) is 16.2. The van der Waals surface area contributed by atoms with Crippen LogP contribution in [0.3, 0.4) is 0 Å². The van der Waals surface area contributed by atoms with E-state index in [-0.39, 0.29) is 5.91 Å². The average molecular weight is 370 g/mol. The summed E-state index contributed by atoms with van der Waals surface area (Å²) in [5, 5.41) is 3.03. The van der Waals surface area contributed by atoms with Crippen LogP contribution < -0.4 is 5.32 Å². The fourth-order valence-electron chi connectivity index (χ4n) is 3.29. The van der Waals surface area contributed by atoms with Gasteiger partial charge >= 0.3 is 0 Å². The summed E-state index contributed by atoms with van der Waals surface area (Å²) in [6.07, 6.45) is 3.14. The van der Waals surface area contributed by atoms with Crippen LogP contribution in [-0.4, -0.2) is 54.7 Å². The van der Waals surface area contributed by atoms with Gasteiger partial charge in [0.15, 0.2) is 0 Å². The van der Waals surface area contributed by atoms with E-state index < -0.39 is 0 Å². The average Bonchev–Trinajstić information content (AvgIpc) is 2.88. The van der Waals surface area contributed by atoms with Gasteiger partial charge in [-0.2, -0.15) is 0 Å². The van der Waals surface area contributed by atoms with Crippen LogP contribution in [0.1, 0.15) is 12.0 Å². The summed E-state index contributed by atoms with van der Waals surface area (Å²) in [6.45, 7) is 5.45. The number of anilines is 1. The van der Waals surface area contributed by atoms with Crippen molar-refractivity contribution in [2.75, 3.05) is 44.3 Å². The van der Waals surface area contributed by atoms with Gasteiger partial charge in [0.25, 0.3) is 0 Å². The molecule has 1 saturated heterocycles. The molecular weight excluding hydrogens is 342 g/mol. The number of amides is 1. The molecule has 1 fully saturated rings. The van der Waals surface area contributed by atoms with E-state index in [0.717, 1.165) is 49.7 Å². The van der Waals surface area contributed by atoms with Gasteiger partial charge in [0.1, 0.15) is 0 Å². The lowest BCUT2D eigenvalue weighted by molar-refractivity contribution is -0.117. The summed E-state index contributed by atoms with van der Waals surface area (Å²) in [5.74, 6) is 0.0692. The number of carbonyl (C=O) groups is 1. The van der Waals surface area contributed by atoms with E-state index in [9.17, 15) is 4.79 Å². The topological polar surface area (TPSA) is 35.6 Å². The van der Waals surface area contributed by atoms with E-state index >= 15 is 0 Å². The minimum absolute atomic E-state index is 0.0692. The summed E-state index contributed by atoms with van der Waals surface area (Å²) in [7, 11) is 0. The maximum absolute atomic E-state index is 12.4. The van der Waals surface area contributed by atoms with E-state index in [2.05, 4.69) is 51.5 Å². The molecule has 0 radical (unpaired) electrons. The van der Waals surface area contributed by atoms with Crippen LogP contribution >= 0.6 is 11.8 Å². The molecule has 3 rings (SSSR count). The minimum atomic E-state index is 0.0692. The molecule has 0 aliphatic carbocycles. The molecule has 4 nitrogen and oxygen atoms in total. The van der Waals surface area contributed by atoms with Crippen LogP contribution in [0, 0.1) is 0 Å². The Morgan fingerprint density at radius 3 is 2.58 bits per heavy atom. The molecule has 0 bridgehead atoms. The Morgan fingerprint density at radius 1 is 1.00 bits per heavy atom. The molecule has 1 aliphatic heterocycles. The number of nitrogens with one attached hydrogen (secondary N) is 1. The largest absolute Gasteiger partial charge is 0.325 e. The van der Waals surface area contributed by atoms with Gasteiger partial charge in [-0.1, -0.05) is 36.4 Å². The summed E-state index contributed by atoms with van der Waals surface area (Å²) < 4.78 is 0. The van der Waals surface area contributed by atoms with Gasteiger partial charge in [-0.15, -0.1) is 11.8 Å². The van der Waals surface area contributed by atoms with Crippen molar-refractivity contribution in [3.63, 3.8) is 0 Å². The van der Waals surface area contributed by atoms with E-state index in [1.165, 1.54) is 5.56 Å². The second-order valence-corrected chi connectivity index (χ2v) is 7.55. The zero-order valence-electron chi connectivity index (χ0n) is 15.4. The molecule has 2 aromatic carbocycles. The van der Waals surface area contributed by atoms with Crippen molar-refractivity contribution in [3.8, 4) is 0 Å². The lowest BCUT2D eigenvalue weighted by Gasteiger charge is -2.21. The van der Waals surface area contributed by atoms with Crippen molar-refractivity contribution in [2.45, 2.75) is 17.9 Å². The van der Waals surface area contributed by atoms with Crippen molar-refractivity contribution in [1.82, 2.24) is 9.80 Å². The highest BCUT2D eigenvalue weighted by atomic mass is 32.2. The highest BCUT2D eigenvalue weighted by Gasteiger charge is 2.17. The number of hydrogen-bond donors (Lipinski definition) is 1. The number of thioether (sulfide) groups is 1. The first-order valence-corrected chi connectivity index (χ1v) is 10.4. The van der Waals surface area contributed by atoms with Crippen LogP contribution in [0.2, 0.25) is 0 Å². The van der Waals surface area contributed by atoms with Crippen molar-refractivity contribution < 1.29 is 4.79 Å². The predicted octanol–water partition coefficient (Wildman–Crippen LogP) is 3.55. The molecule has 0 atom stereocenters. The van der Waals surface area contributed by atoms with Gasteiger partial charge in [-0.05, 0) is 49.5 Å². The summed E-state index contributed by atoms with van der Waals surface area (Å²) in [6, 6.07) is 18.6. The fourth-order valence-corrected chi connectivity index (χ4v) is 3.75. The highest BCUT2D eigenvalue weighted by molar-refractivity contribution is 7.98. The first-order valence-electron chi connectivity index (χ1n) is 9.15. The first-order chi connectivity index (χ1) is 12.7. The second kappa shape index (κ2) is 9.76. The molecule has 0 spiro atoms. The molecule has 0 aromatic heterocycles. The van der Waals surface area contributed by atoms with Gasteiger partial charge in [0.2, 0.25) is 5.91 Å². The molecule has 0 unspecified atom stereocenters. The SMILES string of the molecule is CSc1cccc(NC(=O)CN2CCCN(Cc3ccccc3)CC2)c1. The third-order valence-electron chi connectivity index (χ3n) is 4.65. The quantitative estimate of drug-likeness (QED) is 0.790. The Hall–Kier alpha value is -1.82. The smallest absolute Gasteiger partial charge is 0.238 e. The van der Waals surface area contributed by atoms with Crippen LogP contribution in [0.25, 0.3) is 0 Å². The molecule has 1 N–H and O–H groups in total. The highest BCUT2D eigenvalue weighted by Crippen LogP contribution is 2.19. The van der Waals surface area contributed by atoms with E-state index in [0.29, 0.717) is 6.54 Å². The van der Waals surface area contributed by atoms with Crippen LogP contribution in [0.4, 0.5) is 5.69 Å². The van der Waals surface area contributed by atoms with Gasteiger partial charge in [-0.3, -0.25) is 14.6 Å². The molecule has 138 valence electrons. The maximum atomic E-state index is 12.4. The van der Waals surface area contributed by atoms with Gasteiger partial charge in [0.05, 0.1) is 6.54 Å². The van der Waals surface area contributed by atoms with Crippen molar-refractivity contribution in [2.24, 2.45) is 0 Å². The van der Waals surface area contributed by atoms with Gasteiger partial charge in [-0.25, -0.2) is 0 Å². The number of benzene rings is 2. The third kappa shape index (κ3) is 5.87. The Kier molecular flexibility index (Phi) is 7.12. The number of hydrogen-bond acceptors (Lipinski definition) is 4. The van der Waals surface area contributed by atoms with Crippen LogP contribution in [-0.2, 0) is 11.3 Å². The maximum Gasteiger partial charge on any atom is 0.238 e. The van der Waals surface area contributed by atoms with E-state index in [1.54, 1.807) is 11.8 Å². The Balaban J connectivity index is 1.47. The zero-order chi connectivity index (χ0) is 18.2. The molecular formula is C21H27N3OS. The monoisotopic (exact) mass is 369 g/mol. The standard InChI is InChI=1S/C21H27N3OS/c1-26-20-10-5-9-19(15-20)22-21(25)17-24-12-6-11-23(13-14-24)16-18-7-3-2-4-8-18/h2-5,7-10,15H,6,11-14,16-17H2,1H3,(H,22,25). The Labute approximate surface area is 160 Å². The molecule has 1 amide bonds. The van der Waals surface area contributed by atoms with Gasteiger partial charge < -0.3 is 5.32 Å². The van der Waals surface area contributed by atoms with Crippen LogP contribution in [0.5, 0.6) is 0 Å². The number of carbonyl (C=O) groups excluding carboxylic acids is 1. The summed E-state index contributed by atoms with van der Waals surface area (Å²) in [4.78, 5) is 18.3. The van der Waals surface area contributed by atoms with Gasteiger partial charge in [0, 0.05) is 30.2 Å². The third-order valence-corrected chi connectivity index (χ3v) is 5.38. The summed E-state index contributed by atoms with van der Waals surface area (Å²) >= 11 is 1.68. The van der Waals surface area contributed by atoms with E-state index in [4.69, 9.17) is 0 Å². The molecule has 26 heavy (non-hydrogen) atoms. The van der Waals surface area contributed by atoms with E-state index in [1.807, 2.05) is 24.5 Å². The molecule has 2 aromatic rings. The first kappa shape index (κ1) is 19.0. The number of rotatable bonds is 6.